The second-order valence-electron chi connectivity index (χ2n) is 3.21. The fraction of sp³-hybridized carbons (Fsp3) is 0.857. The molecule has 11 heavy (non-hydrogen) atoms. The van der Waals surface area contributed by atoms with E-state index in [0.29, 0.717) is 0 Å². The molecule has 0 saturated carbocycles. The lowest BCUT2D eigenvalue weighted by Gasteiger charge is -2.16. The summed E-state index contributed by atoms with van der Waals surface area (Å²) in [5, 5.41) is 6.10. The van der Waals surface area contributed by atoms with Crippen LogP contribution in [0.3, 0.4) is 0 Å². The molecule has 0 aromatic heterocycles. The molecule has 0 aliphatic carbocycles. The Kier molecular flexibility index (Phi) is 2.40. The van der Waals surface area contributed by atoms with Gasteiger partial charge in [0.1, 0.15) is 0 Å². The highest BCUT2D eigenvalue weighted by Gasteiger charge is 2.44. The van der Waals surface area contributed by atoms with Crippen molar-refractivity contribution in [3.63, 3.8) is 0 Å². The van der Waals surface area contributed by atoms with Crippen LogP contribution in [0.5, 0.6) is 0 Å². The van der Waals surface area contributed by atoms with E-state index in [2.05, 4.69) is 10.6 Å². The van der Waals surface area contributed by atoms with Crippen LogP contribution in [0.25, 0.3) is 0 Å². The highest BCUT2D eigenvalue weighted by molar-refractivity contribution is 5.85. The van der Waals surface area contributed by atoms with Crippen LogP contribution in [-0.2, 0) is 4.79 Å². The Bertz CT molecular complexity index is 160. The van der Waals surface area contributed by atoms with Crippen LogP contribution in [0, 0.1) is 5.41 Å². The Balaban J connectivity index is 0.000000605. The Labute approximate surface area is 72.3 Å². The fourth-order valence-electron chi connectivity index (χ4n) is 1.87. The van der Waals surface area contributed by atoms with E-state index in [-0.39, 0.29) is 23.7 Å². The summed E-state index contributed by atoms with van der Waals surface area (Å²) in [5.74, 6) is 0.262. The highest BCUT2D eigenvalue weighted by Crippen LogP contribution is 2.32. The van der Waals surface area contributed by atoms with Crippen molar-refractivity contribution in [2.75, 3.05) is 19.6 Å². The molecule has 2 aliphatic rings. The van der Waals surface area contributed by atoms with Gasteiger partial charge in [-0.1, -0.05) is 0 Å². The van der Waals surface area contributed by atoms with Crippen LogP contribution >= 0.6 is 12.4 Å². The largest absolute Gasteiger partial charge is 0.356 e. The van der Waals surface area contributed by atoms with E-state index in [4.69, 9.17) is 0 Å². The third kappa shape index (κ3) is 1.23. The number of nitrogens with one attached hydrogen (secondary N) is 2. The first-order valence-corrected chi connectivity index (χ1v) is 3.83. The van der Waals surface area contributed by atoms with Crippen LogP contribution in [0.4, 0.5) is 0 Å². The molecule has 2 rings (SSSR count). The SMILES string of the molecule is Cl.O=C1NCC[C@]12CCNC2. The summed E-state index contributed by atoms with van der Waals surface area (Å²) in [6, 6.07) is 0. The Morgan fingerprint density at radius 3 is 2.45 bits per heavy atom. The van der Waals surface area contributed by atoms with Crippen LogP contribution in [0.2, 0.25) is 0 Å². The summed E-state index contributed by atoms with van der Waals surface area (Å²) in [6.07, 6.45) is 2.05. The molecule has 0 bridgehead atoms. The highest BCUT2D eigenvalue weighted by atomic mass is 35.5. The Morgan fingerprint density at radius 2 is 2.00 bits per heavy atom. The predicted octanol–water partition coefficient (Wildman–Crippen LogP) is -0.0922. The van der Waals surface area contributed by atoms with Gasteiger partial charge in [0.05, 0.1) is 5.41 Å². The third-order valence-electron chi connectivity index (χ3n) is 2.61. The second-order valence-corrected chi connectivity index (χ2v) is 3.21. The Hall–Kier alpha value is -0.280. The van der Waals surface area contributed by atoms with Crippen molar-refractivity contribution >= 4 is 18.3 Å². The normalized spacial score (nSPS) is 35.5. The molecule has 2 N–H and O–H groups in total. The summed E-state index contributed by atoms with van der Waals surface area (Å²) < 4.78 is 0. The first-order chi connectivity index (χ1) is 4.83. The maximum Gasteiger partial charge on any atom is 0.227 e. The summed E-state index contributed by atoms with van der Waals surface area (Å²) in [6.45, 7) is 2.77. The van der Waals surface area contributed by atoms with Crippen molar-refractivity contribution in [3.8, 4) is 0 Å². The van der Waals surface area contributed by atoms with E-state index in [1.807, 2.05) is 0 Å². The van der Waals surface area contributed by atoms with Crippen LogP contribution in [-0.4, -0.2) is 25.5 Å². The first-order valence-electron chi connectivity index (χ1n) is 3.83. The minimum atomic E-state index is -0.0139. The lowest BCUT2D eigenvalue weighted by molar-refractivity contribution is -0.126. The van der Waals surface area contributed by atoms with Crippen LogP contribution in [0.15, 0.2) is 0 Å². The topological polar surface area (TPSA) is 41.1 Å². The zero-order chi connectivity index (χ0) is 7.03. The van der Waals surface area contributed by atoms with Gasteiger partial charge in [0.15, 0.2) is 0 Å². The smallest absolute Gasteiger partial charge is 0.227 e. The average molecular weight is 177 g/mol. The van der Waals surface area contributed by atoms with E-state index in [9.17, 15) is 4.79 Å². The molecular formula is C7H13ClN2O. The molecule has 2 fully saturated rings. The quantitative estimate of drug-likeness (QED) is 0.542. The zero-order valence-corrected chi connectivity index (χ0v) is 7.17. The molecule has 2 heterocycles. The third-order valence-corrected chi connectivity index (χ3v) is 2.61. The maximum atomic E-state index is 11.2. The van der Waals surface area contributed by atoms with Gasteiger partial charge in [-0.25, -0.2) is 0 Å². The van der Waals surface area contributed by atoms with Crippen molar-refractivity contribution in [3.05, 3.63) is 0 Å². The lowest BCUT2D eigenvalue weighted by Crippen LogP contribution is -2.32. The molecule has 2 aliphatic heterocycles. The summed E-state index contributed by atoms with van der Waals surface area (Å²) >= 11 is 0. The average Bonchev–Trinajstić information content (AvgIpc) is 2.48. The molecule has 3 nitrogen and oxygen atoms in total. The number of rotatable bonds is 0. The fourth-order valence-corrected chi connectivity index (χ4v) is 1.87. The molecule has 1 amide bonds. The first kappa shape index (κ1) is 8.81. The van der Waals surface area contributed by atoms with Gasteiger partial charge in [-0.3, -0.25) is 4.79 Å². The predicted molar refractivity (Wildman–Crippen MR) is 44.8 cm³/mol. The van der Waals surface area contributed by atoms with Crippen LogP contribution < -0.4 is 10.6 Å². The maximum absolute atomic E-state index is 11.2. The van der Waals surface area contributed by atoms with Gasteiger partial charge in [0.25, 0.3) is 0 Å². The van der Waals surface area contributed by atoms with Gasteiger partial charge in [-0.15, -0.1) is 12.4 Å². The van der Waals surface area contributed by atoms with Crippen LogP contribution in [0.1, 0.15) is 12.8 Å². The summed E-state index contributed by atoms with van der Waals surface area (Å²) in [5.41, 5.74) is -0.0139. The zero-order valence-electron chi connectivity index (χ0n) is 6.35. The number of hydrogen-bond donors (Lipinski definition) is 2. The summed E-state index contributed by atoms with van der Waals surface area (Å²) in [4.78, 5) is 11.2. The molecule has 0 aromatic rings. The molecule has 1 spiro atoms. The Morgan fingerprint density at radius 1 is 1.27 bits per heavy atom. The van der Waals surface area contributed by atoms with E-state index < -0.39 is 0 Å². The van der Waals surface area contributed by atoms with Crippen molar-refractivity contribution < 1.29 is 4.79 Å². The van der Waals surface area contributed by atoms with Gasteiger partial charge in [-0.05, 0) is 19.4 Å². The molecule has 2 saturated heterocycles. The van der Waals surface area contributed by atoms with Gasteiger partial charge < -0.3 is 10.6 Å². The van der Waals surface area contributed by atoms with E-state index in [1.165, 1.54) is 0 Å². The molecule has 64 valence electrons. The second kappa shape index (κ2) is 2.99. The van der Waals surface area contributed by atoms with Crippen molar-refractivity contribution in [2.45, 2.75) is 12.8 Å². The van der Waals surface area contributed by atoms with E-state index >= 15 is 0 Å². The number of carbonyl (C=O) groups is 1. The standard InChI is InChI=1S/C7H12N2O.ClH/c10-6-7(2-4-9-6)1-3-8-5-7;/h8H,1-5H2,(H,9,10);1H/t7-;/m0./s1. The monoisotopic (exact) mass is 176 g/mol. The van der Waals surface area contributed by atoms with Gasteiger partial charge in [0, 0.05) is 13.1 Å². The minimum absolute atomic E-state index is 0. The van der Waals surface area contributed by atoms with Crippen molar-refractivity contribution in [2.24, 2.45) is 5.41 Å². The van der Waals surface area contributed by atoms with Gasteiger partial charge in [-0.2, -0.15) is 0 Å². The molecular weight excluding hydrogens is 164 g/mol. The number of amides is 1. The number of carbonyl (C=O) groups excluding carboxylic acids is 1. The van der Waals surface area contributed by atoms with Gasteiger partial charge in [0.2, 0.25) is 5.91 Å². The molecule has 0 radical (unpaired) electrons. The number of hydrogen-bond acceptors (Lipinski definition) is 2. The minimum Gasteiger partial charge on any atom is -0.356 e. The van der Waals surface area contributed by atoms with Crippen molar-refractivity contribution in [1.29, 1.82) is 0 Å². The number of halogens is 1. The van der Waals surface area contributed by atoms with E-state index in [0.717, 1.165) is 32.5 Å². The molecule has 0 unspecified atom stereocenters. The summed E-state index contributed by atoms with van der Waals surface area (Å²) in [7, 11) is 0. The molecule has 1 atom stereocenters. The van der Waals surface area contributed by atoms with Crippen molar-refractivity contribution in [1.82, 2.24) is 10.6 Å². The molecule has 4 heteroatoms. The molecule has 0 aromatic carbocycles. The van der Waals surface area contributed by atoms with E-state index in [1.54, 1.807) is 0 Å². The van der Waals surface area contributed by atoms with Gasteiger partial charge >= 0.3 is 0 Å². The lowest BCUT2D eigenvalue weighted by atomic mass is 9.86.